The first kappa shape index (κ1) is 14.0. The van der Waals surface area contributed by atoms with E-state index in [9.17, 15) is 0 Å². The van der Waals surface area contributed by atoms with Crippen LogP contribution in [0, 0.1) is 0 Å². The summed E-state index contributed by atoms with van der Waals surface area (Å²) in [6, 6.07) is 9.19. The minimum Gasteiger partial charge on any atom is -0.478 e. The number of ether oxygens (including phenoxy) is 1. The molecule has 0 saturated carbocycles. The monoisotopic (exact) mass is 296 g/mol. The molecule has 1 aromatic carbocycles. The van der Waals surface area contributed by atoms with Crippen molar-refractivity contribution in [2.75, 3.05) is 11.9 Å². The van der Waals surface area contributed by atoms with E-state index >= 15 is 0 Å². The number of nitrogens with one attached hydrogen (secondary N) is 1. The van der Waals surface area contributed by atoms with Gasteiger partial charge >= 0.3 is 0 Å². The summed E-state index contributed by atoms with van der Waals surface area (Å²) in [4.78, 5) is 4.17. The summed E-state index contributed by atoms with van der Waals surface area (Å²) in [5.41, 5.74) is 1.76. The molecule has 100 valence electrons. The van der Waals surface area contributed by atoms with Crippen molar-refractivity contribution in [3.8, 4) is 5.88 Å². The molecule has 5 heteroatoms. The van der Waals surface area contributed by atoms with Crippen molar-refractivity contribution in [1.29, 1.82) is 0 Å². The fourth-order valence-corrected chi connectivity index (χ4v) is 2.14. The molecular weight excluding hydrogens is 283 g/mol. The summed E-state index contributed by atoms with van der Waals surface area (Å²) >= 11 is 12.2. The summed E-state index contributed by atoms with van der Waals surface area (Å²) in [6.07, 6.45) is 1.72. The Morgan fingerprint density at radius 3 is 2.47 bits per heavy atom. The van der Waals surface area contributed by atoms with Crippen LogP contribution in [0.1, 0.15) is 12.5 Å². The van der Waals surface area contributed by atoms with Crippen molar-refractivity contribution in [2.24, 2.45) is 0 Å². The van der Waals surface area contributed by atoms with E-state index in [-0.39, 0.29) is 0 Å². The molecule has 0 unspecified atom stereocenters. The maximum absolute atomic E-state index is 6.10. The Kier molecular flexibility index (Phi) is 4.88. The van der Waals surface area contributed by atoms with Crippen LogP contribution in [-0.4, -0.2) is 11.6 Å². The van der Waals surface area contributed by atoms with Crippen LogP contribution in [0.2, 0.25) is 10.0 Å². The van der Waals surface area contributed by atoms with Crippen molar-refractivity contribution in [3.63, 3.8) is 0 Å². The molecule has 2 rings (SSSR count). The Morgan fingerprint density at radius 1 is 1.16 bits per heavy atom. The van der Waals surface area contributed by atoms with Crippen molar-refractivity contribution in [2.45, 2.75) is 13.5 Å². The highest BCUT2D eigenvalue weighted by atomic mass is 35.5. The maximum atomic E-state index is 6.10. The lowest BCUT2D eigenvalue weighted by Crippen LogP contribution is -2.02. The Morgan fingerprint density at radius 2 is 1.89 bits per heavy atom. The standard InChI is InChI=1S/C14H14Cl2N2O/c1-2-19-14-7-6-10(8-18-14)17-9-11-12(15)4-3-5-13(11)16/h3-8,17H,2,9H2,1H3. The van der Waals surface area contributed by atoms with Crippen LogP contribution in [0.4, 0.5) is 5.69 Å². The number of rotatable bonds is 5. The highest BCUT2D eigenvalue weighted by Crippen LogP contribution is 2.25. The van der Waals surface area contributed by atoms with E-state index in [0.717, 1.165) is 11.3 Å². The van der Waals surface area contributed by atoms with Gasteiger partial charge in [0.25, 0.3) is 0 Å². The number of benzene rings is 1. The van der Waals surface area contributed by atoms with Gasteiger partial charge in [0.2, 0.25) is 5.88 Å². The topological polar surface area (TPSA) is 34.1 Å². The van der Waals surface area contributed by atoms with Gasteiger partial charge < -0.3 is 10.1 Å². The minimum absolute atomic E-state index is 0.550. The highest BCUT2D eigenvalue weighted by molar-refractivity contribution is 6.36. The van der Waals surface area contributed by atoms with E-state index in [1.807, 2.05) is 37.3 Å². The van der Waals surface area contributed by atoms with Gasteiger partial charge in [0.15, 0.2) is 0 Å². The van der Waals surface area contributed by atoms with Crippen LogP contribution in [0.15, 0.2) is 36.5 Å². The number of aromatic nitrogens is 1. The zero-order chi connectivity index (χ0) is 13.7. The van der Waals surface area contributed by atoms with Crippen LogP contribution in [0.5, 0.6) is 5.88 Å². The SMILES string of the molecule is CCOc1ccc(NCc2c(Cl)cccc2Cl)cn1. The third kappa shape index (κ3) is 3.75. The zero-order valence-electron chi connectivity index (χ0n) is 10.5. The molecule has 1 N–H and O–H groups in total. The Labute approximate surface area is 122 Å². The number of hydrogen-bond acceptors (Lipinski definition) is 3. The molecule has 2 aromatic rings. The van der Waals surface area contributed by atoms with Gasteiger partial charge in [-0.15, -0.1) is 0 Å². The quantitative estimate of drug-likeness (QED) is 0.888. The Hall–Kier alpha value is -1.45. The average molecular weight is 297 g/mol. The Balaban J connectivity index is 2.02. The molecule has 0 atom stereocenters. The van der Waals surface area contributed by atoms with Gasteiger partial charge in [0.1, 0.15) is 0 Å². The summed E-state index contributed by atoms with van der Waals surface area (Å²) in [6.45, 7) is 3.08. The lowest BCUT2D eigenvalue weighted by atomic mass is 10.2. The molecule has 0 saturated heterocycles. The van der Waals surface area contributed by atoms with E-state index < -0.39 is 0 Å². The van der Waals surface area contributed by atoms with Gasteiger partial charge in [-0.05, 0) is 25.1 Å². The van der Waals surface area contributed by atoms with E-state index in [4.69, 9.17) is 27.9 Å². The summed E-state index contributed by atoms with van der Waals surface area (Å²) < 4.78 is 5.28. The molecular formula is C14H14Cl2N2O. The molecule has 0 fully saturated rings. The third-order valence-corrected chi connectivity index (χ3v) is 3.27. The van der Waals surface area contributed by atoms with Gasteiger partial charge in [-0.2, -0.15) is 0 Å². The normalized spacial score (nSPS) is 10.3. The molecule has 0 aliphatic heterocycles. The molecule has 0 amide bonds. The predicted molar refractivity (Wildman–Crippen MR) is 79.2 cm³/mol. The molecule has 19 heavy (non-hydrogen) atoms. The molecule has 0 radical (unpaired) electrons. The van der Waals surface area contributed by atoms with Crippen molar-refractivity contribution < 1.29 is 4.74 Å². The number of nitrogens with zero attached hydrogens (tertiary/aromatic N) is 1. The largest absolute Gasteiger partial charge is 0.478 e. The molecule has 0 bridgehead atoms. The lowest BCUT2D eigenvalue weighted by molar-refractivity contribution is 0.327. The first-order chi connectivity index (χ1) is 9.20. The number of halogens is 2. The molecule has 0 spiro atoms. The van der Waals surface area contributed by atoms with Crippen molar-refractivity contribution in [3.05, 3.63) is 52.1 Å². The lowest BCUT2D eigenvalue weighted by Gasteiger charge is -2.10. The van der Waals surface area contributed by atoms with Crippen LogP contribution in [0.3, 0.4) is 0 Å². The minimum atomic E-state index is 0.550. The second-order valence-corrected chi connectivity index (χ2v) is 4.69. The summed E-state index contributed by atoms with van der Waals surface area (Å²) in [5, 5.41) is 4.53. The summed E-state index contributed by atoms with van der Waals surface area (Å²) in [5.74, 6) is 0.615. The molecule has 1 heterocycles. The zero-order valence-corrected chi connectivity index (χ0v) is 12.0. The van der Waals surface area contributed by atoms with Crippen molar-refractivity contribution >= 4 is 28.9 Å². The average Bonchev–Trinajstić information content (AvgIpc) is 2.40. The van der Waals surface area contributed by atoms with E-state index in [0.29, 0.717) is 29.1 Å². The van der Waals surface area contributed by atoms with Crippen LogP contribution in [0.25, 0.3) is 0 Å². The van der Waals surface area contributed by atoms with E-state index in [2.05, 4.69) is 10.3 Å². The third-order valence-electron chi connectivity index (χ3n) is 2.56. The van der Waals surface area contributed by atoms with Gasteiger partial charge in [0, 0.05) is 28.2 Å². The van der Waals surface area contributed by atoms with E-state index in [1.165, 1.54) is 0 Å². The second-order valence-electron chi connectivity index (χ2n) is 3.87. The number of pyridine rings is 1. The number of anilines is 1. The summed E-state index contributed by atoms with van der Waals surface area (Å²) in [7, 11) is 0. The second kappa shape index (κ2) is 6.64. The fraction of sp³-hybridized carbons (Fsp3) is 0.214. The first-order valence-electron chi connectivity index (χ1n) is 5.96. The van der Waals surface area contributed by atoms with Gasteiger partial charge in [-0.3, -0.25) is 0 Å². The van der Waals surface area contributed by atoms with E-state index in [1.54, 1.807) is 6.20 Å². The first-order valence-corrected chi connectivity index (χ1v) is 6.72. The van der Waals surface area contributed by atoms with Crippen LogP contribution in [-0.2, 0) is 6.54 Å². The maximum Gasteiger partial charge on any atom is 0.213 e. The van der Waals surface area contributed by atoms with Gasteiger partial charge in [-0.1, -0.05) is 29.3 Å². The predicted octanol–water partition coefficient (Wildman–Crippen LogP) is 4.40. The van der Waals surface area contributed by atoms with Crippen LogP contribution >= 0.6 is 23.2 Å². The number of hydrogen-bond donors (Lipinski definition) is 1. The molecule has 1 aromatic heterocycles. The molecule has 3 nitrogen and oxygen atoms in total. The fourth-order valence-electron chi connectivity index (χ4n) is 1.61. The van der Waals surface area contributed by atoms with Gasteiger partial charge in [-0.25, -0.2) is 4.98 Å². The van der Waals surface area contributed by atoms with Gasteiger partial charge in [0.05, 0.1) is 18.5 Å². The Bertz CT molecular complexity index is 523. The molecule has 0 aliphatic carbocycles. The van der Waals surface area contributed by atoms with Crippen LogP contribution < -0.4 is 10.1 Å². The smallest absolute Gasteiger partial charge is 0.213 e. The highest BCUT2D eigenvalue weighted by Gasteiger charge is 2.05. The van der Waals surface area contributed by atoms with Crippen molar-refractivity contribution in [1.82, 2.24) is 4.98 Å². The molecule has 0 aliphatic rings.